The largest absolute Gasteiger partial charge is 0.416 e. The summed E-state index contributed by atoms with van der Waals surface area (Å²) < 4.78 is 43.5. The van der Waals surface area contributed by atoms with Crippen LogP contribution in [0.3, 0.4) is 0 Å². The fourth-order valence-corrected chi connectivity index (χ4v) is 2.55. The molecule has 1 aromatic carbocycles. The number of rotatable bonds is 7. The highest BCUT2D eigenvalue weighted by Crippen LogP contribution is 2.48. The Hall–Kier alpha value is -1.60. The molecule has 0 heterocycles. The van der Waals surface area contributed by atoms with E-state index in [1.54, 1.807) is 6.07 Å². The average Bonchev–Trinajstić information content (AvgIpc) is 3.31. The normalized spacial score (nSPS) is 17.6. The first-order chi connectivity index (χ1) is 10.8. The molecule has 23 heavy (non-hydrogen) atoms. The van der Waals surface area contributed by atoms with E-state index in [0.29, 0.717) is 12.1 Å². The molecule has 1 fully saturated rings. The molecule has 2 rings (SSSR count). The molecule has 7 heteroatoms. The fraction of sp³-hybridized carbons (Fsp3) is 0.562. The lowest BCUT2D eigenvalue weighted by Gasteiger charge is -2.19. The Labute approximate surface area is 133 Å². The Bertz CT molecular complexity index is 553. The number of amides is 1. The minimum atomic E-state index is -4.36. The van der Waals surface area contributed by atoms with Gasteiger partial charge in [0.1, 0.15) is 0 Å². The van der Waals surface area contributed by atoms with Crippen LogP contribution in [0.15, 0.2) is 24.3 Å². The van der Waals surface area contributed by atoms with Gasteiger partial charge in [-0.2, -0.15) is 13.2 Å². The van der Waals surface area contributed by atoms with E-state index in [9.17, 15) is 18.0 Å². The molecule has 1 atom stereocenters. The van der Waals surface area contributed by atoms with Crippen LogP contribution >= 0.6 is 0 Å². The molecular weight excluding hydrogens is 309 g/mol. The predicted molar refractivity (Wildman–Crippen MR) is 79.8 cm³/mol. The molecule has 0 saturated heterocycles. The third-order valence-corrected chi connectivity index (χ3v) is 4.29. The Morgan fingerprint density at radius 2 is 2.13 bits per heavy atom. The standard InChI is InChI=1S/C16H21F3N2O2/c1-23-13(9-20)8-14(22)21-10-15(5-6-15)11-3-2-4-12(7-11)16(17,18)19/h2-4,7,13H,5-6,8-10,20H2,1H3,(H,21,22). The number of carbonyl (C=O) groups is 1. The van der Waals surface area contributed by atoms with Crippen molar-refractivity contribution in [3.8, 4) is 0 Å². The van der Waals surface area contributed by atoms with Crippen molar-refractivity contribution in [3.63, 3.8) is 0 Å². The van der Waals surface area contributed by atoms with E-state index in [-0.39, 0.29) is 30.4 Å². The molecule has 0 aliphatic heterocycles. The quantitative estimate of drug-likeness (QED) is 0.806. The molecule has 1 unspecified atom stereocenters. The van der Waals surface area contributed by atoms with Gasteiger partial charge in [0.2, 0.25) is 5.91 Å². The van der Waals surface area contributed by atoms with Crippen molar-refractivity contribution < 1.29 is 22.7 Å². The average molecular weight is 330 g/mol. The van der Waals surface area contributed by atoms with Crippen LogP contribution < -0.4 is 11.1 Å². The summed E-state index contributed by atoms with van der Waals surface area (Å²) in [5, 5.41) is 2.79. The summed E-state index contributed by atoms with van der Waals surface area (Å²) in [5.41, 5.74) is 5.04. The van der Waals surface area contributed by atoms with E-state index in [0.717, 1.165) is 18.9 Å². The monoisotopic (exact) mass is 330 g/mol. The molecule has 3 N–H and O–H groups in total. The second kappa shape index (κ2) is 6.88. The van der Waals surface area contributed by atoms with Gasteiger partial charge in [-0.1, -0.05) is 18.2 Å². The molecule has 1 aliphatic rings. The molecule has 0 radical (unpaired) electrons. The van der Waals surface area contributed by atoms with Crippen LogP contribution in [0.5, 0.6) is 0 Å². The zero-order valence-electron chi connectivity index (χ0n) is 13.0. The number of alkyl halides is 3. The van der Waals surface area contributed by atoms with Gasteiger partial charge >= 0.3 is 6.18 Å². The van der Waals surface area contributed by atoms with Gasteiger partial charge in [-0.3, -0.25) is 4.79 Å². The van der Waals surface area contributed by atoms with Crippen LogP contribution in [-0.2, 0) is 21.1 Å². The van der Waals surface area contributed by atoms with Crippen LogP contribution in [0.4, 0.5) is 13.2 Å². The lowest BCUT2D eigenvalue weighted by atomic mass is 9.94. The topological polar surface area (TPSA) is 64.3 Å². The Balaban J connectivity index is 1.99. The zero-order valence-corrected chi connectivity index (χ0v) is 13.0. The van der Waals surface area contributed by atoms with E-state index in [1.807, 2.05) is 0 Å². The van der Waals surface area contributed by atoms with Crippen LogP contribution in [-0.4, -0.2) is 32.2 Å². The number of nitrogens with one attached hydrogen (secondary N) is 1. The van der Waals surface area contributed by atoms with E-state index < -0.39 is 11.7 Å². The first-order valence-electron chi connectivity index (χ1n) is 7.48. The van der Waals surface area contributed by atoms with Gasteiger partial charge in [-0.05, 0) is 24.5 Å². The first kappa shape index (κ1) is 17.7. The second-order valence-electron chi connectivity index (χ2n) is 5.93. The van der Waals surface area contributed by atoms with Crippen LogP contribution in [0.2, 0.25) is 0 Å². The third kappa shape index (κ3) is 4.45. The summed E-state index contributed by atoms with van der Waals surface area (Å²) in [6.45, 7) is 0.566. The van der Waals surface area contributed by atoms with Gasteiger partial charge in [0, 0.05) is 25.6 Å². The van der Waals surface area contributed by atoms with E-state index in [1.165, 1.54) is 19.2 Å². The highest BCUT2D eigenvalue weighted by Gasteiger charge is 2.45. The number of ether oxygens (including phenoxy) is 1. The Morgan fingerprint density at radius 1 is 1.43 bits per heavy atom. The van der Waals surface area contributed by atoms with Gasteiger partial charge in [0.05, 0.1) is 18.1 Å². The highest BCUT2D eigenvalue weighted by atomic mass is 19.4. The molecule has 128 valence electrons. The van der Waals surface area contributed by atoms with Crippen molar-refractivity contribution in [2.75, 3.05) is 20.2 Å². The minimum Gasteiger partial charge on any atom is -0.380 e. The zero-order chi connectivity index (χ0) is 17.1. The van der Waals surface area contributed by atoms with E-state index in [4.69, 9.17) is 10.5 Å². The molecular formula is C16H21F3N2O2. The minimum absolute atomic E-state index is 0.145. The Morgan fingerprint density at radius 3 is 2.65 bits per heavy atom. The molecule has 0 aromatic heterocycles. The van der Waals surface area contributed by atoms with Crippen molar-refractivity contribution in [3.05, 3.63) is 35.4 Å². The fourth-order valence-electron chi connectivity index (χ4n) is 2.55. The van der Waals surface area contributed by atoms with Crippen LogP contribution in [0.25, 0.3) is 0 Å². The van der Waals surface area contributed by atoms with Gasteiger partial charge in [0.25, 0.3) is 0 Å². The maximum atomic E-state index is 12.8. The number of halogens is 3. The predicted octanol–water partition coefficient (Wildman–Crippen LogP) is 2.22. The number of hydrogen-bond acceptors (Lipinski definition) is 3. The maximum absolute atomic E-state index is 12.8. The van der Waals surface area contributed by atoms with Gasteiger partial charge in [0.15, 0.2) is 0 Å². The summed E-state index contributed by atoms with van der Waals surface area (Å²) in [5.74, 6) is -0.208. The molecule has 1 saturated carbocycles. The molecule has 1 aromatic rings. The number of hydrogen-bond donors (Lipinski definition) is 2. The smallest absolute Gasteiger partial charge is 0.380 e. The summed E-state index contributed by atoms with van der Waals surface area (Å²) in [7, 11) is 1.48. The Kier molecular flexibility index (Phi) is 5.31. The summed E-state index contributed by atoms with van der Waals surface area (Å²) in [6.07, 6.45) is -3.04. The lowest BCUT2D eigenvalue weighted by molar-refractivity contribution is -0.137. The first-order valence-corrected chi connectivity index (χ1v) is 7.48. The molecule has 4 nitrogen and oxygen atoms in total. The van der Waals surface area contributed by atoms with Crippen LogP contribution in [0, 0.1) is 0 Å². The molecule has 0 spiro atoms. The summed E-state index contributed by atoms with van der Waals surface area (Å²) >= 11 is 0. The number of carbonyl (C=O) groups excluding carboxylic acids is 1. The summed E-state index contributed by atoms with van der Waals surface area (Å²) in [4.78, 5) is 11.9. The number of benzene rings is 1. The highest BCUT2D eigenvalue weighted by molar-refractivity contribution is 5.76. The maximum Gasteiger partial charge on any atom is 0.416 e. The summed E-state index contributed by atoms with van der Waals surface area (Å²) in [6, 6.07) is 5.33. The van der Waals surface area contributed by atoms with Crippen LogP contribution in [0.1, 0.15) is 30.4 Å². The van der Waals surface area contributed by atoms with Gasteiger partial charge in [-0.25, -0.2) is 0 Å². The van der Waals surface area contributed by atoms with Gasteiger partial charge in [-0.15, -0.1) is 0 Å². The second-order valence-corrected chi connectivity index (χ2v) is 5.93. The molecule has 0 bridgehead atoms. The lowest BCUT2D eigenvalue weighted by Crippen LogP contribution is -2.36. The van der Waals surface area contributed by atoms with Crippen molar-refractivity contribution in [1.82, 2.24) is 5.32 Å². The van der Waals surface area contributed by atoms with Crippen molar-refractivity contribution in [1.29, 1.82) is 0 Å². The van der Waals surface area contributed by atoms with Gasteiger partial charge < -0.3 is 15.8 Å². The third-order valence-electron chi connectivity index (χ3n) is 4.29. The van der Waals surface area contributed by atoms with Crippen molar-refractivity contribution in [2.45, 2.75) is 37.0 Å². The van der Waals surface area contributed by atoms with Crippen molar-refractivity contribution >= 4 is 5.91 Å². The molecule has 1 aliphatic carbocycles. The van der Waals surface area contributed by atoms with E-state index >= 15 is 0 Å². The van der Waals surface area contributed by atoms with Crippen molar-refractivity contribution in [2.24, 2.45) is 5.73 Å². The number of nitrogens with two attached hydrogens (primary N) is 1. The SMILES string of the molecule is COC(CN)CC(=O)NCC1(c2cccc(C(F)(F)F)c2)CC1. The molecule has 1 amide bonds. The van der Waals surface area contributed by atoms with E-state index in [2.05, 4.69) is 5.32 Å². The number of methoxy groups -OCH3 is 1.